The summed E-state index contributed by atoms with van der Waals surface area (Å²) >= 11 is 1.75. The van der Waals surface area contributed by atoms with Gasteiger partial charge >= 0.3 is 0 Å². The van der Waals surface area contributed by atoms with Crippen LogP contribution in [0.4, 0.5) is 5.82 Å². The highest BCUT2D eigenvalue weighted by atomic mass is 32.1. The van der Waals surface area contributed by atoms with Gasteiger partial charge in [-0.05, 0) is 24.3 Å². The molecule has 0 fully saturated rings. The maximum absolute atomic E-state index is 6.05. The topological polar surface area (TPSA) is 51.8 Å². The van der Waals surface area contributed by atoms with E-state index in [0.29, 0.717) is 11.2 Å². The number of aryl methyl sites for hydroxylation is 1. The number of benzene rings is 1. The summed E-state index contributed by atoms with van der Waals surface area (Å²) in [6.45, 7) is 6.77. The van der Waals surface area contributed by atoms with E-state index in [9.17, 15) is 0 Å². The fourth-order valence-corrected chi connectivity index (χ4v) is 3.36. The van der Waals surface area contributed by atoms with Gasteiger partial charge in [-0.15, -0.1) is 11.3 Å². The summed E-state index contributed by atoms with van der Waals surface area (Å²) in [6, 6.07) is 8.12. The Morgan fingerprint density at radius 2 is 1.90 bits per heavy atom. The van der Waals surface area contributed by atoms with Crippen molar-refractivity contribution in [2.45, 2.75) is 33.6 Å². The van der Waals surface area contributed by atoms with Crippen molar-refractivity contribution in [3.8, 4) is 0 Å². The minimum Gasteiger partial charge on any atom is -0.382 e. The second-order valence-electron chi connectivity index (χ2n) is 6.36. The summed E-state index contributed by atoms with van der Waals surface area (Å²) in [4.78, 5) is 9.14. The zero-order chi connectivity index (χ0) is 14.3. The van der Waals surface area contributed by atoms with Gasteiger partial charge < -0.3 is 5.73 Å². The molecule has 0 saturated carbocycles. The number of thiazole rings is 1. The monoisotopic (exact) mass is 285 g/mol. The van der Waals surface area contributed by atoms with Crippen molar-refractivity contribution in [3.05, 3.63) is 29.3 Å². The number of hydrogen-bond acceptors (Lipinski definition) is 4. The number of fused-ring (bicyclic) bond motifs is 3. The van der Waals surface area contributed by atoms with Gasteiger partial charge in [0, 0.05) is 5.39 Å². The van der Waals surface area contributed by atoms with Gasteiger partial charge in [0.1, 0.15) is 5.52 Å². The number of nitrogens with two attached hydrogens (primary N) is 1. The Hall–Kier alpha value is -1.68. The summed E-state index contributed by atoms with van der Waals surface area (Å²) < 4.78 is 1.16. The molecule has 0 bridgehead atoms. The van der Waals surface area contributed by atoms with Crippen LogP contribution < -0.4 is 5.73 Å². The van der Waals surface area contributed by atoms with E-state index in [2.05, 4.69) is 31.8 Å². The van der Waals surface area contributed by atoms with Crippen LogP contribution in [0.1, 0.15) is 32.2 Å². The molecule has 0 unspecified atom stereocenters. The smallest absolute Gasteiger partial charge is 0.151 e. The lowest BCUT2D eigenvalue weighted by Gasteiger charge is -2.16. The summed E-state index contributed by atoms with van der Waals surface area (Å²) in [5.41, 5.74) is 8.18. The fourth-order valence-electron chi connectivity index (χ4n) is 2.26. The predicted octanol–water partition coefficient (Wildman–Crippen LogP) is 4.41. The summed E-state index contributed by atoms with van der Waals surface area (Å²) in [6.07, 6.45) is 2.12. The average Bonchev–Trinajstić information content (AvgIpc) is 2.81. The molecule has 20 heavy (non-hydrogen) atoms. The van der Waals surface area contributed by atoms with E-state index in [1.165, 1.54) is 0 Å². The van der Waals surface area contributed by atoms with Gasteiger partial charge in [-0.25, -0.2) is 9.97 Å². The van der Waals surface area contributed by atoms with Crippen LogP contribution in [0.5, 0.6) is 0 Å². The lowest BCUT2D eigenvalue weighted by atomic mass is 9.91. The van der Waals surface area contributed by atoms with E-state index in [0.717, 1.165) is 39.0 Å². The molecule has 0 aliphatic carbocycles. The standard InChI is InChI=1S/C16H19N3S/c1-16(2,3)9-8-12-19-13-14(20-12)10-6-4-5-7-11(10)18-15(13)17/h4-7H,8-9H2,1-3H3,(H2,17,18). The molecule has 0 aliphatic heterocycles. The Morgan fingerprint density at radius 1 is 1.15 bits per heavy atom. The lowest BCUT2D eigenvalue weighted by Crippen LogP contribution is -2.06. The maximum Gasteiger partial charge on any atom is 0.151 e. The van der Waals surface area contributed by atoms with Crippen LogP contribution in [-0.4, -0.2) is 9.97 Å². The van der Waals surface area contributed by atoms with Crippen molar-refractivity contribution < 1.29 is 0 Å². The summed E-state index contributed by atoms with van der Waals surface area (Å²) in [5.74, 6) is 0.539. The molecule has 2 N–H and O–H groups in total. The number of hydrogen-bond donors (Lipinski definition) is 1. The molecule has 104 valence electrons. The molecular weight excluding hydrogens is 266 g/mol. The molecule has 2 aromatic heterocycles. The van der Waals surface area contributed by atoms with Crippen LogP contribution in [0, 0.1) is 5.41 Å². The van der Waals surface area contributed by atoms with Crippen LogP contribution in [-0.2, 0) is 6.42 Å². The van der Waals surface area contributed by atoms with Crippen LogP contribution >= 0.6 is 11.3 Å². The van der Waals surface area contributed by atoms with Gasteiger partial charge in [0.15, 0.2) is 5.82 Å². The van der Waals surface area contributed by atoms with Crippen molar-refractivity contribution in [1.29, 1.82) is 0 Å². The second-order valence-corrected chi connectivity index (χ2v) is 7.44. The lowest BCUT2D eigenvalue weighted by molar-refractivity contribution is 0.378. The van der Waals surface area contributed by atoms with E-state index in [-0.39, 0.29) is 0 Å². The van der Waals surface area contributed by atoms with Gasteiger partial charge in [0.2, 0.25) is 0 Å². The third-order valence-electron chi connectivity index (χ3n) is 3.39. The van der Waals surface area contributed by atoms with E-state index in [1.54, 1.807) is 11.3 Å². The van der Waals surface area contributed by atoms with Crippen molar-refractivity contribution in [2.24, 2.45) is 5.41 Å². The molecule has 0 atom stereocenters. The van der Waals surface area contributed by atoms with Crippen LogP contribution in [0.3, 0.4) is 0 Å². The molecule has 3 aromatic rings. The molecule has 0 aliphatic rings. The first kappa shape index (κ1) is 13.3. The van der Waals surface area contributed by atoms with Crippen LogP contribution in [0.2, 0.25) is 0 Å². The highest BCUT2D eigenvalue weighted by molar-refractivity contribution is 7.19. The quantitative estimate of drug-likeness (QED) is 0.759. The van der Waals surface area contributed by atoms with E-state index >= 15 is 0 Å². The third kappa shape index (κ3) is 2.48. The largest absolute Gasteiger partial charge is 0.382 e. The first-order valence-electron chi connectivity index (χ1n) is 6.88. The van der Waals surface area contributed by atoms with Crippen molar-refractivity contribution >= 4 is 38.3 Å². The second kappa shape index (κ2) is 4.70. The summed E-state index contributed by atoms with van der Waals surface area (Å²) in [7, 11) is 0. The van der Waals surface area contributed by atoms with Gasteiger partial charge in [-0.3, -0.25) is 0 Å². The Morgan fingerprint density at radius 3 is 2.65 bits per heavy atom. The van der Waals surface area contributed by atoms with Crippen LogP contribution in [0.25, 0.3) is 21.1 Å². The number of anilines is 1. The first-order chi connectivity index (χ1) is 9.44. The normalized spacial score (nSPS) is 12.3. The molecule has 2 heterocycles. The molecular formula is C16H19N3S. The van der Waals surface area contributed by atoms with Crippen LogP contribution in [0.15, 0.2) is 24.3 Å². The van der Waals surface area contributed by atoms with Crippen molar-refractivity contribution in [3.63, 3.8) is 0 Å². The third-order valence-corrected chi connectivity index (χ3v) is 4.54. The first-order valence-corrected chi connectivity index (χ1v) is 7.69. The fraction of sp³-hybridized carbons (Fsp3) is 0.375. The molecule has 0 saturated heterocycles. The predicted molar refractivity (Wildman–Crippen MR) is 87.1 cm³/mol. The minimum atomic E-state index is 0.323. The minimum absolute atomic E-state index is 0.323. The Kier molecular flexibility index (Phi) is 3.13. The molecule has 1 aromatic carbocycles. The Balaban J connectivity index is 2.10. The molecule has 0 radical (unpaired) electrons. The molecule has 0 amide bonds. The highest BCUT2D eigenvalue weighted by Crippen LogP contribution is 2.33. The number of rotatable bonds is 2. The van der Waals surface area contributed by atoms with Gasteiger partial charge in [0.05, 0.1) is 15.2 Å². The Bertz CT molecular complexity index is 768. The average molecular weight is 285 g/mol. The SMILES string of the molecule is CC(C)(C)CCc1nc2c(N)nc3ccccc3c2s1. The van der Waals surface area contributed by atoms with Gasteiger partial charge in [-0.2, -0.15) is 0 Å². The zero-order valence-corrected chi connectivity index (χ0v) is 12.9. The van der Waals surface area contributed by atoms with Crippen molar-refractivity contribution in [2.75, 3.05) is 5.73 Å². The van der Waals surface area contributed by atoms with E-state index in [4.69, 9.17) is 10.7 Å². The number of nitrogens with zero attached hydrogens (tertiary/aromatic N) is 2. The zero-order valence-electron chi connectivity index (χ0n) is 12.1. The van der Waals surface area contributed by atoms with E-state index in [1.807, 2.05) is 18.2 Å². The maximum atomic E-state index is 6.05. The number of para-hydroxylation sites is 1. The Labute approximate surface area is 122 Å². The van der Waals surface area contributed by atoms with Gasteiger partial charge in [0.25, 0.3) is 0 Å². The van der Waals surface area contributed by atoms with Gasteiger partial charge in [-0.1, -0.05) is 39.0 Å². The number of pyridine rings is 1. The van der Waals surface area contributed by atoms with E-state index < -0.39 is 0 Å². The molecule has 3 rings (SSSR count). The van der Waals surface area contributed by atoms with Crippen molar-refractivity contribution in [1.82, 2.24) is 9.97 Å². The molecule has 0 spiro atoms. The highest BCUT2D eigenvalue weighted by Gasteiger charge is 2.15. The number of aromatic nitrogens is 2. The molecule has 4 heteroatoms. The molecule has 3 nitrogen and oxygen atoms in total. The summed E-state index contributed by atoms with van der Waals surface area (Å²) in [5, 5.41) is 2.30. The number of nitrogen functional groups attached to an aromatic ring is 1.